The first-order chi connectivity index (χ1) is 18.4. The SMILES string of the molecule is CCc1nc(C(=O)NCC2(O)CCC(S(C)(=O)=O)CC2)c(Cl)n1-c1ncc(C[C@H](C)C(F)(F)F)cc1OC(F)F. The lowest BCUT2D eigenvalue weighted by Gasteiger charge is -2.35. The highest BCUT2D eigenvalue weighted by Gasteiger charge is 2.38. The molecule has 1 aliphatic rings. The van der Waals surface area contributed by atoms with Crippen LogP contribution >= 0.6 is 11.6 Å². The number of ether oxygens (including phenoxy) is 1. The number of sulfone groups is 1. The highest BCUT2D eigenvalue weighted by molar-refractivity contribution is 7.91. The minimum Gasteiger partial charge on any atom is -0.431 e. The van der Waals surface area contributed by atoms with Gasteiger partial charge in [0, 0.05) is 25.4 Å². The summed E-state index contributed by atoms with van der Waals surface area (Å²) in [6.07, 6.45) is -1.91. The molecule has 2 N–H and O–H groups in total. The smallest absolute Gasteiger partial charge is 0.391 e. The highest BCUT2D eigenvalue weighted by atomic mass is 35.5. The summed E-state index contributed by atoms with van der Waals surface area (Å²) in [5.41, 5.74) is -1.65. The Balaban J connectivity index is 1.86. The first-order valence-corrected chi connectivity index (χ1v) is 14.8. The number of aliphatic hydroxyl groups is 1. The molecule has 1 amide bonds. The number of aromatic nitrogens is 3. The number of nitrogens with one attached hydrogen (secondary N) is 1. The second kappa shape index (κ2) is 12.1. The largest absolute Gasteiger partial charge is 0.431 e. The van der Waals surface area contributed by atoms with Crippen molar-refractivity contribution < 1.29 is 45.0 Å². The van der Waals surface area contributed by atoms with Crippen molar-refractivity contribution in [3.63, 3.8) is 0 Å². The second-order valence-electron chi connectivity index (χ2n) is 9.98. The molecule has 2 heterocycles. The summed E-state index contributed by atoms with van der Waals surface area (Å²) in [6, 6.07) is 1.01. The minimum atomic E-state index is -4.51. The molecule has 1 fully saturated rings. The molecule has 9 nitrogen and oxygen atoms in total. The first-order valence-electron chi connectivity index (χ1n) is 12.4. The van der Waals surface area contributed by atoms with Crippen molar-refractivity contribution in [1.82, 2.24) is 19.9 Å². The number of rotatable bonds is 10. The van der Waals surface area contributed by atoms with Crippen LogP contribution in [0.25, 0.3) is 5.82 Å². The van der Waals surface area contributed by atoms with Crippen molar-refractivity contribution in [3.05, 3.63) is 34.5 Å². The predicted molar refractivity (Wildman–Crippen MR) is 136 cm³/mol. The number of hydrogen-bond donors (Lipinski definition) is 2. The third-order valence-electron chi connectivity index (χ3n) is 6.89. The van der Waals surface area contributed by atoms with Crippen LogP contribution in [0.15, 0.2) is 12.3 Å². The van der Waals surface area contributed by atoms with E-state index in [2.05, 4.69) is 20.0 Å². The van der Waals surface area contributed by atoms with Crippen LogP contribution in [0.1, 0.15) is 61.4 Å². The number of aryl methyl sites for hydroxylation is 1. The Morgan fingerprint density at radius 1 is 1.32 bits per heavy atom. The van der Waals surface area contributed by atoms with Crippen LogP contribution in [0.3, 0.4) is 0 Å². The first kappa shape index (κ1) is 32.0. The molecule has 0 radical (unpaired) electrons. The Morgan fingerprint density at radius 3 is 2.48 bits per heavy atom. The van der Waals surface area contributed by atoms with Crippen molar-refractivity contribution in [2.24, 2.45) is 5.92 Å². The standard InChI is InChI=1S/C24H30ClF5N4O5S/c1-4-17-33-18(21(35)32-12-23(36)7-5-15(6-8-23)40(3,37)38)19(25)34(17)20-16(39-22(26)27)10-14(11-31-20)9-13(2)24(28,29)30/h10-11,13,15,22,36H,4-9,12H2,1-3H3,(H,32,35)/t13-,15?,23?/m0/s1. The van der Waals surface area contributed by atoms with E-state index in [9.17, 15) is 40.3 Å². The summed E-state index contributed by atoms with van der Waals surface area (Å²) in [4.78, 5) is 21.2. The fourth-order valence-corrected chi connectivity index (χ4v) is 5.91. The van der Waals surface area contributed by atoms with E-state index in [0.29, 0.717) is 0 Å². The molecule has 40 heavy (non-hydrogen) atoms. The van der Waals surface area contributed by atoms with Gasteiger partial charge in [0.2, 0.25) is 0 Å². The fraction of sp³-hybridized carbons (Fsp3) is 0.625. The molecule has 0 aliphatic heterocycles. The normalized spacial score (nSPS) is 20.9. The van der Waals surface area contributed by atoms with E-state index in [1.165, 1.54) is 0 Å². The number of hydrogen-bond acceptors (Lipinski definition) is 7. The zero-order chi connectivity index (χ0) is 30.0. The molecule has 3 rings (SSSR count). The van der Waals surface area contributed by atoms with Gasteiger partial charge in [-0.2, -0.15) is 22.0 Å². The molecule has 224 valence electrons. The van der Waals surface area contributed by atoms with E-state index in [4.69, 9.17) is 11.6 Å². The lowest BCUT2D eigenvalue weighted by Crippen LogP contribution is -2.47. The highest BCUT2D eigenvalue weighted by Crippen LogP contribution is 2.34. The van der Waals surface area contributed by atoms with Gasteiger partial charge in [-0.25, -0.2) is 18.4 Å². The fourth-order valence-electron chi connectivity index (χ4n) is 4.51. The molecule has 0 bridgehead atoms. The third kappa shape index (κ3) is 7.60. The van der Waals surface area contributed by atoms with Gasteiger partial charge in [-0.1, -0.05) is 25.4 Å². The van der Waals surface area contributed by atoms with E-state index in [-0.39, 0.29) is 66.7 Å². The third-order valence-corrected chi connectivity index (χ3v) is 8.92. The summed E-state index contributed by atoms with van der Waals surface area (Å²) in [6.45, 7) is -0.948. The van der Waals surface area contributed by atoms with Crippen molar-refractivity contribution >= 4 is 27.3 Å². The van der Waals surface area contributed by atoms with Gasteiger partial charge in [0.15, 0.2) is 17.3 Å². The predicted octanol–water partition coefficient (Wildman–Crippen LogP) is 4.27. The number of imidazole rings is 1. The molecule has 1 saturated carbocycles. The zero-order valence-electron chi connectivity index (χ0n) is 21.9. The minimum absolute atomic E-state index is 0.00434. The summed E-state index contributed by atoms with van der Waals surface area (Å²) in [7, 11) is -3.26. The Hall–Kier alpha value is -2.52. The molecule has 1 aliphatic carbocycles. The van der Waals surface area contributed by atoms with Crippen molar-refractivity contribution in [1.29, 1.82) is 0 Å². The topological polar surface area (TPSA) is 123 Å². The van der Waals surface area contributed by atoms with E-state index < -0.39 is 57.5 Å². The maximum absolute atomic E-state index is 13.2. The van der Waals surface area contributed by atoms with Gasteiger partial charge >= 0.3 is 12.8 Å². The van der Waals surface area contributed by atoms with Crippen molar-refractivity contribution in [2.75, 3.05) is 12.8 Å². The Bertz CT molecular complexity index is 1330. The van der Waals surface area contributed by atoms with Gasteiger partial charge in [-0.05, 0) is 43.7 Å². The lowest BCUT2D eigenvalue weighted by molar-refractivity contribution is -0.169. The van der Waals surface area contributed by atoms with Gasteiger partial charge in [-0.3, -0.25) is 9.36 Å². The lowest BCUT2D eigenvalue weighted by atomic mass is 9.84. The summed E-state index contributed by atoms with van der Waals surface area (Å²) >= 11 is 6.43. The number of nitrogens with zero attached hydrogens (tertiary/aromatic N) is 3. The Kier molecular flexibility index (Phi) is 9.72. The van der Waals surface area contributed by atoms with Gasteiger partial charge in [0.05, 0.1) is 16.8 Å². The van der Waals surface area contributed by atoms with Crippen LogP contribution in [0.5, 0.6) is 5.75 Å². The number of carbonyl (C=O) groups is 1. The van der Waals surface area contributed by atoms with Crippen LogP contribution in [0.2, 0.25) is 5.15 Å². The quantitative estimate of drug-likeness (QED) is 0.382. The van der Waals surface area contributed by atoms with Crippen LogP contribution < -0.4 is 10.1 Å². The Morgan fingerprint density at radius 2 is 1.95 bits per heavy atom. The molecule has 0 saturated heterocycles. The van der Waals surface area contributed by atoms with Crippen LogP contribution in [-0.2, 0) is 22.7 Å². The zero-order valence-corrected chi connectivity index (χ0v) is 23.5. The van der Waals surface area contributed by atoms with Crippen molar-refractivity contribution in [2.45, 2.75) is 76.0 Å². The van der Waals surface area contributed by atoms with Gasteiger partial charge in [-0.15, -0.1) is 0 Å². The van der Waals surface area contributed by atoms with Gasteiger partial charge in [0.25, 0.3) is 5.91 Å². The van der Waals surface area contributed by atoms with Crippen LogP contribution in [-0.4, -0.2) is 70.4 Å². The van der Waals surface area contributed by atoms with Gasteiger partial charge < -0.3 is 15.2 Å². The monoisotopic (exact) mass is 616 g/mol. The molecule has 16 heteroatoms. The van der Waals surface area contributed by atoms with E-state index >= 15 is 0 Å². The molecule has 2 aromatic heterocycles. The van der Waals surface area contributed by atoms with E-state index in [1.54, 1.807) is 6.92 Å². The molecular formula is C24H30ClF5N4O5S. The second-order valence-corrected chi connectivity index (χ2v) is 12.7. The molecule has 0 spiro atoms. The number of alkyl halides is 5. The van der Waals surface area contributed by atoms with Crippen molar-refractivity contribution in [3.8, 4) is 11.6 Å². The average Bonchev–Trinajstić information content (AvgIpc) is 3.17. The molecule has 0 aromatic carbocycles. The number of carbonyl (C=O) groups excluding carboxylic acids is 1. The number of halogens is 6. The summed E-state index contributed by atoms with van der Waals surface area (Å²) in [5, 5.41) is 12.5. The van der Waals surface area contributed by atoms with E-state index in [0.717, 1.165) is 30.0 Å². The maximum Gasteiger partial charge on any atom is 0.391 e. The molecule has 0 unspecified atom stereocenters. The molecule has 2 aromatic rings. The maximum atomic E-state index is 13.2. The van der Waals surface area contributed by atoms with E-state index in [1.807, 2.05) is 0 Å². The number of amides is 1. The Labute approximate surface area is 233 Å². The average molecular weight is 617 g/mol. The number of pyridine rings is 1. The molecular weight excluding hydrogens is 587 g/mol. The van der Waals surface area contributed by atoms with Gasteiger partial charge in [0.1, 0.15) is 20.8 Å². The summed E-state index contributed by atoms with van der Waals surface area (Å²) in [5.74, 6) is -3.28. The summed E-state index contributed by atoms with van der Waals surface area (Å²) < 4.78 is 94.6. The molecule has 1 atom stereocenters. The van der Waals surface area contributed by atoms with Crippen LogP contribution in [0.4, 0.5) is 22.0 Å². The van der Waals surface area contributed by atoms with Crippen LogP contribution in [0, 0.1) is 5.92 Å².